The first-order chi connectivity index (χ1) is 21.8. The fourth-order valence-electron chi connectivity index (χ4n) is 4.14. The van der Waals surface area contributed by atoms with Gasteiger partial charge in [0, 0.05) is 0 Å². The number of carbonyl (C=O) groups is 1. The van der Waals surface area contributed by atoms with Crippen molar-refractivity contribution in [1.29, 1.82) is 0 Å². The predicted octanol–water partition coefficient (Wildman–Crippen LogP) is 8.36. The first-order valence-corrected chi connectivity index (χ1v) is 16.1. The molecule has 0 spiro atoms. The van der Waals surface area contributed by atoms with Crippen LogP contribution in [0.4, 0.5) is 22.0 Å². The van der Waals surface area contributed by atoms with E-state index in [1.807, 2.05) is 0 Å². The van der Waals surface area contributed by atoms with Crippen molar-refractivity contribution in [1.82, 2.24) is 0 Å². The molecule has 5 aromatic carbocycles. The molecule has 5 rings (SSSR count). The highest BCUT2D eigenvalue weighted by atomic mass is 32.2. The second-order valence-corrected chi connectivity index (χ2v) is 13.0. The van der Waals surface area contributed by atoms with E-state index in [4.69, 9.17) is 0 Å². The van der Waals surface area contributed by atoms with Gasteiger partial charge in [0.2, 0.25) is 0 Å². The van der Waals surface area contributed by atoms with E-state index >= 15 is 0 Å². The van der Waals surface area contributed by atoms with Crippen LogP contribution in [0.25, 0.3) is 11.1 Å². The highest BCUT2D eigenvalue weighted by molar-refractivity contribution is 7.97. The predicted molar refractivity (Wildman–Crippen MR) is 163 cm³/mol. The molecule has 0 bridgehead atoms. The molecule has 0 amide bonds. The van der Waals surface area contributed by atoms with Crippen molar-refractivity contribution in [3.05, 3.63) is 151 Å². The fourth-order valence-corrected chi connectivity index (χ4v) is 6.69. The summed E-state index contributed by atoms with van der Waals surface area (Å²) in [7, 11) is -6.75. The zero-order chi connectivity index (χ0) is 33.4. The lowest BCUT2D eigenvalue weighted by Crippen LogP contribution is -2.52. The molecule has 238 valence electrons. The zero-order valence-corrected chi connectivity index (χ0v) is 25.3. The Morgan fingerprint density at radius 1 is 0.587 bits per heavy atom. The highest BCUT2D eigenvalue weighted by Gasteiger charge is 2.63. The number of carbonyl (C=O) groups excluding carboxylic acids is 1. The summed E-state index contributed by atoms with van der Waals surface area (Å²) >= 11 is 0. The maximum atomic E-state index is 13.4. The molecule has 0 N–H and O–H groups in total. The molecule has 0 aliphatic rings. The van der Waals surface area contributed by atoms with Crippen molar-refractivity contribution in [3.63, 3.8) is 0 Å². The van der Waals surface area contributed by atoms with Gasteiger partial charge in [0.1, 0.15) is 0 Å². The number of ether oxygens (including phenoxy) is 1. The van der Waals surface area contributed by atoms with Crippen molar-refractivity contribution < 1.29 is 44.5 Å². The molecule has 0 fully saturated rings. The molecule has 0 aliphatic carbocycles. The quantitative estimate of drug-likeness (QED) is 0.0716. The Morgan fingerprint density at radius 2 is 0.935 bits per heavy atom. The third-order valence-corrected chi connectivity index (χ3v) is 9.44. The molecule has 0 radical (unpaired) electrons. The Balaban J connectivity index is 0.000000221. The van der Waals surface area contributed by atoms with E-state index in [-0.39, 0.29) is 10.9 Å². The first kappa shape index (κ1) is 34.4. The van der Waals surface area contributed by atoms with Gasteiger partial charge in [-0.1, -0.05) is 97.1 Å². The van der Waals surface area contributed by atoms with Crippen molar-refractivity contribution >= 4 is 27.0 Å². The number of hydrogen-bond donors (Lipinski definition) is 0. The molecular formula is C34H25F5O5S2. The number of halogens is 5. The number of alkyl halides is 5. The summed E-state index contributed by atoms with van der Waals surface area (Å²) < 4.78 is 100.0. The molecule has 0 aromatic heterocycles. The average molecular weight is 673 g/mol. The van der Waals surface area contributed by atoms with E-state index in [1.54, 1.807) is 30.3 Å². The summed E-state index contributed by atoms with van der Waals surface area (Å²) in [5.41, 5.74) is 0.754. The van der Waals surface area contributed by atoms with Crippen molar-refractivity contribution in [2.75, 3.05) is 0 Å². The van der Waals surface area contributed by atoms with E-state index in [9.17, 15) is 39.7 Å². The molecule has 5 nitrogen and oxygen atoms in total. The Bertz CT molecular complexity index is 1710. The number of esters is 1. The third kappa shape index (κ3) is 8.59. The Morgan fingerprint density at radius 3 is 1.28 bits per heavy atom. The average Bonchev–Trinajstić information content (AvgIpc) is 3.05. The summed E-state index contributed by atoms with van der Waals surface area (Å²) in [6.07, 6.45) is -10.4. The number of hydrogen-bond acceptors (Lipinski definition) is 5. The molecule has 12 heteroatoms. The molecular weight excluding hydrogens is 647 g/mol. The molecule has 1 unspecified atom stereocenters. The van der Waals surface area contributed by atoms with Crippen LogP contribution in [0.5, 0.6) is 0 Å². The van der Waals surface area contributed by atoms with Gasteiger partial charge < -0.3 is 9.29 Å². The van der Waals surface area contributed by atoms with Crippen LogP contribution in [0.1, 0.15) is 10.4 Å². The fraction of sp³-hybridized carbons (Fsp3) is 0.0882. The maximum Gasteiger partial charge on any atom is 0.432 e. The second kappa shape index (κ2) is 14.7. The van der Waals surface area contributed by atoms with Gasteiger partial charge in [-0.3, -0.25) is 0 Å². The minimum Gasteiger partial charge on any atom is -0.743 e. The molecule has 0 heterocycles. The zero-order valence-electron chi connectivity index (χ0n) is 23.7. The summed E-state index contributed by atoms with van der Waals surface area (Å²) in [6, 6.07) is 45.5. The first-order valence-electron chi connectivity index (χ1n) is 13.4. The van der Waals surface area contributed by atoms with Gasteiger partial charge in [-0.05, 0) is 59.7 Å². The van der Waals surface area contributed by atoms with Crippen LogP contribution >= 0.6 is 0 Å². The van der Waals surface area contributed by atoms with Gasteiger partial charge >= 0.3 is 17.4 Å². The summed E-state index contributed by atoms with van der Waals surface area (Å²) in [5.74, 6) is -1.86. The van der Waals surface area contributed by atoms with Crippen LogP contribution in [0.15, 0.2) is 160 Å². The molecule has 1 atom stereocenters. The summed E-state index contributed by atoms with van der Waals surface area (Å²) in [4.78, 5) is 15.9. The number of benzene rings is 5. The third-order valence-electron chi connectivity index (χ3n) is 6.33. The smallest absolute Gasteiger partial charge is 0.432 e. The molecule has 46 heavy (non-hydrogen) atoms. The van der Waals surface area contributed by atoms with Crippen LogP contribution < -0.4 is 0 Å². The number of rotatable bonds is 8. The summed E-state index contributed by atoms with van der Waals surface area (Å²) in [6.45, 7) is 0. The van der Waals surface area contributed by atoms with Crippen LogP contribution in [-0.2, 0) is 25.7 Å². The van der Waals surface area contributed by atoms with E-state index < -0.39 is 39.2 Å². The monoisotopic (exact) mass is 672 g/mol. The largest absolute Gasteiger partial charge is 0.743 e. The van der Waals surface area contributed by atoms with Crippen molar-refractivity contribution in [2.45, 2.75) is 32.2 Å². The molecule has 0 saturated carbocycles. The summed E-state index contributed by atoms with van der Waals surface area (Å²) in [5, 5.41) is -5.88. The van der Waals surface area contributed by atoms with Crippen LogP contribution in [-0.4, -0.2) is 36.5 Å². The van der Waals surface area contributed by atoms with Gasteiger partial charge in [0.25, 0.3) is 6.10 Å². The maximum absolute atomic E-state index is 13.4. The van der Waals surface area contributed by atoms with Crippen LogP contribution in [0, 0.1) is 0 Å². The lowest BCUT2D eigenvalue weighted by atomic mass is 10.0. The van der Waals surface area contributed by atoms with Gasteiger partial charge in [-0.2, -0.15) is 22.0 Å². The van der Waals surface area contributed by atoms with Crippen LogP contribution in [0.2, 0.25) is 0 Å². The SMILES string of the molecule is O=C(OC(C(F)(F)F)C(F)(F)S(=O)(=O)[O-])c1ccc(-c2ccccc2)cc1.c1ccc([S+](c2ccccc2)c2ccccc2)cc1. The van der Waals surface area contributed by atoms with Gasteiger partial charge in [-0.25, -0.2) is 13.2 Å². The van der Waals surface area contributed by atoms with E-state index in [0.717, 1.165) is 17.7 Å². The van der Waals surface area contributed by atoms with Crippen molar-refractivity contribution in [3.8, 4) is 11.1 Å². The minimum absolute atomic E-state index is 0.0146. The minimum atomic E-state index is -6.74. The normalized spacial score (nSPS) is 12.5. The second-order valence-electron chi connectivity index (χ2n) is 9.53. The standard InChI is InChI=1S/C18H15S.C16H11F5O5S/c1-4-10-16(11-5-1)19(17-12-6-2-7-13-17)18-14-8-3-9-15-18;17-15(18,19)14(16(20,21)27(23,24)25)26-13(22)12-8-6-11(7-9-12)10-4-2-1-3-5-10/h1-15H;1-9,14H,(H,23,24,25)/q+1;/p-1. The van der Waals surface area contributed by atoms with Crippen molar-refractivity contribution in [2.24, 2.45) is 0 Å². The lowest BCUT2D eigenvalue weighted by Gasteiger charge is -2.29. The molecule has 0 aliphatic heterocycles. The van der Waals surface area contributed by atoms with E-state index in [0.29, 0.717) is 5.56 Å². The topological polar surface area (TPSA) is 83.5 Å². The lowest BCUT2D eigenvalue weighted by molar-refractivity contribution is -0.248. The Labute approximate surface area is 265 Å². The van der Waals surface area contributed by atoms with Gasteiger partial charge in [0.15, 0.2) is 24.8 Å². The van der Waals surface area contributed by atoms with E-state index in [2.05, 4.69) is 95.7 Å². The Hall–Kier alpha value is -4.52. The van der Waals surface area contributed by atoms with Gasteiger partial charge in [0.05, 0.1) is 16.5 Å². The van der Waals surface area contributed by atoms with E-state index in [1.165, 1.54) is 26.8 Å². The molecule has 0 saturated heterocycles. The van der Waals surface area contributed by atoms with Crippen LogP contribution in [0.3, 0.4) is 0 Å². The highest BCUT2D eigenvalue weighted by Crippen LogP contribution is 2.38. The molecule has 5 aromatic rings. The van der Waals surface area contributed by atoms with Gasteiger partial charge in [-0.15, -0.1) is 0 Å². The Kier molecular flexibility index (Phi) is 11.0.